The number of benzene rings is 3. The average Bonchev–Trinajstić information content (AvgIpc) is 3.68. The Labute approximate surface area is 240 Å². The Morgan fingerprint density at radius 3 is 2.60 bits per heavy atom. The predicted octanol–water partition coefficient (Wildman–Crippen LogP) is 6.92. The number of ether oxygens (including phenoxy) is 2. The second kappa shape index (κ2) is 11.6. The van der Waals surface area contributed by atoms with E-state index in [0.717, 1.165) is 23.8 Å². The first-order chi connectivity index (χ1) is 20.6. The first kappa shape index (κ1) is 26.8. The second-order valence-electron chi connectivity index (χ2n) is 9.57. The second-order valence-corrected chi connectivity index (χ2v) is 9.57. The van der Waals surface area contributed by atoms with Gasteiger partial charge >= 0.3 is 5.97 Å². The van der Waals surface area contributed by atoms with Gasteiger partial charge in [0.2, 0.25) is 5.82 Å². The number of carbonyl (C=O) groups is 1. The molecule has 9 heteroatoms. The standard InChI is InChI=1S/C33H27N3O6/c1-3-4-18-40-33(38)22-14-12-21(13-15-22)27-17-16-23(41-27)20-34-36-31(35-26-9-6-5-8-24(26)32(36)37)30-19-25-28(39-2)10-7-11-29(25)42-30/h5-17,19-20H,3-4,18H2,1-2H3. The number of furan rings is 2. The number of rotatable bonds is 9. The number of carbonyl (C=O) groups excluding carboxylic acids is 1. The molecule has 0 aliphatic heterocycles. The third-order valence-electron chi connectivity index (χ3n) is 6.78. The van der Waals surface area contributed by atoms with Crippen molar-refractivity contribution in [3.05, 3.63) is 107 Å². The van der Waals surface area contributed by atoms with Gasteiger partial charge in [-0.3, -0.25) is 4.79 Å². The van der Waals surface area contributed by atoms with E-state index in [9.17, 15) is 9.59 Å². The van der Waals surface area contributed by atoms with Crippen LogP contribution in [0.3, 0.4) is 0 Å². The summed E-state index contributed by atoms with van der Waals surface area (Å²) < 4.78 is 24.0. The molecule has 0 aliphatic carbocycles. The van der Waals surface area contributed by atoms with Crippen LogP contribution in [0.25, 0.3) is 44.8 Å². The van der Waals surface area contributed by atoms with Crippen LogP contribution in [0.4, 0.5) is 0 Å². The highest BCUT2D eigenvalue weighted by Crippen LogP contribution is 2.33. The maximum Gasteiger partial charge on any atom is 0.338 e. The molecule has 0 spiro atoms. The summed E-state index contributed by atoms with van der Waals surface area (Å²) in [7, 11) is 1.59. The van der Waals surface area contributed by atoms with Crippen LogP contribution in [0.15, 0.2) is 104 Å². The van der Waals surface area contributed by atoms with Gasteiger partial charge in [-0.05, 0) is 61.0 Å². The van der Waals surface area contributed by atoms with E-state index in [2.05, 4.69) is 5.10 Å². The largest absolute Gasteiger partial charge is 0.496 e. The van der Waals surface area contributed by atoms with Crippen molar-refractivity contribution in [1.29, 1.82) is 0 Å². The summed E-state index contributed by atoms with van der Waals surface area (Å²) in [5.41, 5.74) is 2.02. The van der Waals surface area contributed by atoms with Crippen LogP contribution >= 0.6 is 0 Å². The summed E-state index contributed by atoms with van der Waals surface area (Å²) in [5, 5.41) is 5.64. The molecule has 3 heterocycles. The zero-order valence-corrected chi connectivity index (χ0v) is 23.1. The van der Waals surface area contributed by atoms with Gasteiger partial charge in [-0.25, -0.2) is 9.78 Å². The van der Waals surface area contributed by atoms with Gasteiger partial charge < -0.3 is 18.3 Å². The third kappa shape index (κ3) is 5.19. The fourth-order valence-corrected chi connectivity index (χ4v) is 4.57. The summed E-state index contributed by atoms with van der Waals surface area (Å²) in [5.74, 6) is 1.89. The molecular weight excluding hydrogens is 534 g/mol. The molecule has 0 unspecified atom stereocenters. The maximum absolute atomic E-state index is 13.6. The smallest absolute Gasteiger partial charge is 0.338 e. The van der Waals surface area contributed by atoms with Crippen molar-refractivity contribution in [3.63, 3.8) is 0 Å². The molecule has 0 saturated carbocycles. The van der Waals surface area contributed by atoms with E-state index in [-0.39, 0.29) is 17.4 Å². The van der Waals surface area contributed by atoms with Crippen molar-refractivity contribution in [2.45, 2.75) is 19.8 Å². The van der Waals surface area contributed by atoms with Gasteiger partial charge in [0.15, 0.2) is 5.76 Å². The molecule has 0 saturated heterocycles. The van der Waals surface area contributed by atoms with Gasteiger partial charge in [0.05, 0.1) is 41.8 Å². The molecule has 6 aromatic rings. The van der Waals surface area contributed by atoms with Gasteiger partial charge in [0.1, 0.15) is 22.9 Å². The van der Waals surface area contributed by atoms with Crippen LogP contribution in [-0.4, -0.2) is 35.6 Å². The Kier molecular flexibility index (Phi) is 7.38. The quantitative estimate of drug-likeness (QED) is 0.107. The highest BCUT2D eigenvalue weighted by Gasteiger charge is 2.18. The number of esters is 1. The van der Waals surface area contributed by atoms with Crippen LogP contribution in [-0.2, 0) is 4.74 Å². The van der Waals surface area contributed by atoms with Gasteiger partial charge in [0, 0.05) is 5.56 Å². The first-order valence-electron chi connectivity index (χ1n) is 13.6. The highest BCUT2D eigenvalue weighted by atomic mass is 16.5. The zero-order valence-electron chi connectivity index (χ0n) is 23.1. The minimum Gasteiger partial charge on any atom is -0.496 e. The van der Waals surface area contributed by atoms with Gasteiger partial charge in [-0.2, -0.15) is 9.78 Å². The molecule has 0 N–H and O–H groups in total. The molecule has 0 aliphatic rings. The van der Waals surface area contributed by atoms with Crippen molar-refractivity contribution in [2.75, 3.05) is 13.7 Å². The fourth-order valence-electron chi connectivity index (χ4n) is 4.57. The molecule has 9 nitrogen and oxygen atoms in total. The molecule has 0 amide bonds. The van der Waals surface area contributed by atoms with E-state index in [1.807, 2.05) is 31.2 Å². The highest BCUT2D eigenvalue weighted by molar-refractivity contribution is 5.90. The lowest BCUT2D eigenvalue weighted by atomic mass is 10.1. The van der Waals surface area contributed by atoms with Gasteiger partial charge in [0.25, 0.3) is 5.56 Å². The number of unbranched alkanes of at least 4 members (excludes halogenated alkanes) is 1. The minimum absolute atomic E-state index is 0.237. The number of methoxy groups -OCH3 is 1. The molecule has 210 valence electrons. The Bertz CT molecular complexity index is 1980. The molecule has 0 bridgehead atoms. The Morgan fingerprint density at radius 2 is 1.79 bits per heavy atom. The molecule has 3 aromatic carbocycles. The molecule has 0 atom stereocenters. The molecular formula is C33H27N3O6. The lowest BCUT2D eigenvalue weighted by Gasteiger charge is -2.06. The van der Waals surface area contributed by atoms with E-state index in [1.54, 1.807) is 67.8 Å². The third-order valence-corrected chi connectivity index (χ3v) is 6.78. The van der Waals surface area contributed by atoms with Crippen LogP contribution in [0.1, 0.15) is 35.9 Å². The lowest BCUT2D eigenvalue weighted by molar-refractivity contribution is 0.0499. The van der Waals surface area contributed by atoms with Crippen LogP contribution < -0.4 is 10.3 Å². The summed E-state index contributed by atoms with van der Waals surface area (Å²) >= 11 is 0. The number of aromatic nitrogens is 2. The van der Waals surface area contributed by atoms with E-state index >= 15 is 0 Å². The van der Waals surface area contributed by atoms with Crippen LogP contribution in [0, 0.1) is 0 Å². The van der Waals surface area contributed by atoms with E-state index < -0.39 is 0 Å². The van der Waals surface area contributed by atoms with Gasteiger partial charge in [-0.15, -0.1) is 0 Å². The number of hydrogen-bond donors (Lipinski definition) is 0. The van der Waals surface area contributed by atoms with Crippen molar-refractivity contribution in [2.24, 2.45) is 5.10 Å². The summed E-state index contributed by atoms with van der Waals surface area (Å²) in [4.78, 5) is 30.5. The normalized spacial score (nSPS) is 11.5. The number of hydrogen-bond acceptors (Lipinski definition) is 8. The van der Waals surface area contributed by atoms with Crippen LogP contribution in [0.2, 0.25) is 0 Å². The van der Waals surface area contributed by atoms with E-state index in [1.165, 1.54) is 10.9 Å². The molecule has 0 radical (unpaired) electrons. The van der Waals surface area contributed by atoms with Crippen molar-refractivity contribution in [3.8, 4) is 28.7 Å². The SMILES string of the molecule is CCCCOC(=O)c1ccc(-c2ccc(C=Nn3c(-c4cc5c(OC)cccc5o4)nc4ccccc4c3=O)o2)cc1. The first-order valence-corrected chi connectivity index (χ1v) is 13.6. The topological polar surface area (TPSA) is 109 Å². The number of para-hydroxylation sites is 1. The number of nitrogens with zero attached hydrogens (tertiary/aromatic N) is 3. The zero-order chi connectivity index (χ0) is 29.1. The fraction of sp³-hybridized carbons (Fsp3) is 0.152. The van der Waals surface area contributed by atoms with Crippen LogP contribution in [0.5, 0.6) is 5.75 Å². The predicted molar refractivity (Wildman–Crippen MR) is 160 cm³/mol. The minimum atomic E-state index is -0.354. The molecule has 0 fully saturated rings. The molecule has 42 heavy (non-hydrogen) atoms. The van der Waals surface area contributed by atoms with Gasteiger partial charge in [-0.1, -0.05) is 43.7 Å². The monoisotopic (exact) mass is 561 g/mol. The van der Waals surface area contributed by atoms with E-state index in [0.29, 0.717) is 51.7 Å². The van der Waals surface area contributed by atoms with Crippen molar-refractivity contribution < 1.29 is 23.1 Å². The maximum atomic E-state index is 13.6. The Balaban J connectivity index is 1.33. The van der Waals surface area contributed by atoms with E-state index in [4.69, 9.17) is 23.3 Å². The van der Waals surface area contributed by atoms with Crippen molar-refractivity contribution >= 4 is 34.1 Å². The summed E-state index contributed by atoms with van der Waals surface area (Å²) in [6.07, 6.45) is 3.24. The summed E-state index contributed by atoms with van der Waals surface area (Å²) in [6, 6.07) is 24.9. The molecule has 6 rings (SSSR count). The number of fused-ring (bicyclic) bond motifs is 2. The Hall–Kier alpha value is -5.44. The molecule has 3 aromatic heterocycles. The van der Waals surface area contributed by atoms with Crippen molar-refractivity contribution in [1.82, 2.24) is 9.66 Å². The summed E-state index contributed by atoms with van der Waals surface area (Å²) in [6.45, 7) is 2.44. The Morgan fingerprint density at radius 1 is 0.952 bits per heavy atom. The average molecular weight is 562 g/mol. The lowest BCUT2D eigenvalue weighted by Crippen LogP contribution is -2.20.